The van der Waals surface area contributed by atoms with Crippen molar-refractivity contribution >= 4 is 10.9 Å². The van der Waals surface area contributed by atoms with E-state index < -0.39 is 0 Å². The van der Waals surface area contributed by atoms with Crippen LogP contribution in [0.3, 0.4) is 0 Å². The van der Waals surface area contributed by atoms with Crippen LogP contribution in [0.15, 0.2) is 53.3 Å². The Morgan fingerprint density at radius 1 is 0.926 bits per heavy atom. The van der Waals surface area contributed by atoms with E-state index in [1.54, 1.807) is 0 Å². The molecular formula is C23H29N3O. The van der Waals surface area contributed by atoms with E-state index in [4.69, 9.17) is 4.98 Å². The van der Waals surface area contributed by atoms with Crippen molar-refractivity contribution in [2.45, 2.75) is 34.2 Å². The van der Waals surface area contributed by atoms with Crippen LogP contribution in [0.4, 0.5) is 0 Å². The fourth-order valence-corrected chi connectivity index (χ4v) is 3.58. The van der Waals surface area contributed by atoms with Crippen LogP contribution in [-0.4, -0.2) is 28.0 Å². The van der Waals surface area contributed by atoms with Crippen LogP contribution in [0.25, 0.3) is 22.3 Å². The van der Waals surface area contributed by atoms with Gasteiger partial charge in [0.25, 0.3) is 5.56 Å². The molecule has 0 unspecified atom stereocenters. The SMILES string of the molecule is CC(C)CN(Cc1ccccc1-c1nc2ccccc2c(=O)[nH]1)CC(C)C. The highest BCUT2D eigenvalue weighted by Crippen LogP contribution is 2.23. The van der Waals surface area contributed by atoms with E-state index in [2.05, 4.69) is 49.7 Å². The summed E-state index contributed by atoms with van der Waals surface area (Å²) in [6.45, 7) is 12.0. The first-order chi connectivity index (χ1) is 12.9. The number of H-pyrrole nitrogens is 1. The van der Waals surface area contributed by atoms with Crippen molar-refractivity contribution in [2.75, 3.05) is 13.1 Å². The lowest BCUT2D eigenvalue weighted by Crippen LogP contribution is -2.31. The van der Waals surface area contributed by atoms with Crippen molar-refractivity contribution in [1.82, 2.24) is 14.9 Å². The lowest BCUT2D eigenvalue weighted by Gasteiger charge is -2.27. The second-order valence-corrected chi connectivity index (χ2v) is 8.07. The number of para-hydroxylation sites is 1. The number of benzene rings is 2. The van der Waals surface area contributed by atoms with Gasteiger partial charge in [-0.3, -0.25) is 9.69 Å². The summed E-state index contributed by atoms with van der Waals surface area (Å²) in [5, 5.41) is 0.625. The summed E-state index contributed by atoms with van der Waals surface area (Å²) in [6, 6.07) is 15.7. The molecule has 0 spiro atoms. The zero-order valence-corrected chi connectivity index (χ0v) is 16.7. The maximum Gasteiger partial charge on any atom is 0.259 e. The van der Waals surface area contributed by atoms with Crippen molar-refractivity contribution in [2.24, 2.45) is 11.8 Å². The first-order valence-electron chi connectivity index (χ1n) is 9.73. The third-order valence-corrected chi connectivity index (χ3v) is 4.53. The van der Waals surface area contributed by atoms with Gasteiger partial charge >= 0.3 is 0 Å². The lowest BCUT2D eigenvalue weighted by molar-refractivity contribution is 0.211. The van der Waals surface area contributed by atoms with E-state index in [0.717, 1.165) is 30.7 Å². The number of nitrogens with zero attached hydrogens (tertiary/aromatic N) is 2. The summed E-state index contributed by atoms with van der Waals surface area (Å²) in [6.07, 6.45) is 0. The van der Waals surface area contributed by atoms with E-state index in [1.165, 1.54) is 5.56 Å². The maximum absolute atomic E-state index is 12.5. The third kappa shape index (κ3) is 4.83. The van der Waals surface area contributed by atoms with Crippen LogP contribution >= 0.6 is 0 Å². The Balaban J connectivity index is 1.99. The smallest absolute Gasteiger partial charge is 0.259 e. The Morgan fingerprint density at radius 3 is 2.26 bits per heavy atom. The Kier molecular flexibility index (Phi) is 6.07. The topological polar surface area (TPSA) is 49.0 Å². The summed E-state index contributed by atoms with van der Waals surface area (Å²) < 4.78 is 0. The van der Waals surface area contributed by atoms with Gasteiger partial charge in [0.15, 0.2) is 0 Å². The van der Waals surface area contributed by atoms with Gasteiger partial charge in [0.1, 0.15) is 5.82 Å². The Morgan fingerprint density at radius 2 is 1.56 bits per heavy atom. The van der Waals surface area contributed by atoms with Gasteiger partial charge in [0.2, 0.25) is 0 Å². The van der Waals surface area contributed by atoms with Crippen molar-refractivity contribution < 1.29 is 0 Å². The first kappa shape index (κ1) is 19.3. The molecule has 0 atom stereocenters. The Bertz CT molecular complexity index is 949. The van der Waals surface area contributed by atoms with Crippen LogP contribution in [-0.2, 0) is 6.54 Å². The number of rotatable bonds is 7. The molecular weight excluding hydrogens is 334 g/mol. The van der Waals surface area contributed by atoms with Gasteiger partial charge < -0.3 is 4.98 Å². The molecule has 0 radical (unpaired) electrons. The number of nitrogens with one attached hydrogen (secondary N) is 1. The fraction of sp³-hybridized carbons (Fsp3) is 0.391. The van der Waals surface area contributed by atoms with Crippen LogP contribution in [0, 0.1) is 11.8 Å². The molecule has 1 aromatic heterocycles. The normalized spacial score (nSPS) is 11.8. The van der Waals surface area contributed by atoms with E-state index in [1.807, 2.05) is 36.4 Å². The molecule has 0 fully saturated rings. The minimum Gasteiger partial charge on any atom is -0.306 e. The second-order valence-electron chi connectivity index (χ2n) is 8.07. The van der Waals surface area contributed by atoms with Gasteiger partial charge in [-0.05, 0) is 29.5 Å². The molecule has 0 aliphatic heterocycles. The second kappa shape index (κ2) is 8.49. The van der Waals surface area contributed by atoms with Crippen molar-refractivity contribution in [3.63, 3.8) is 0 Å². The molecule has 4 nitrogen and oxygen atoms in total. The van der Waals surface area contributed by atoms with Gasteiger partial charge in [0, 0.05) is 25.2 Å². The van der Waals surface area contributed by atoms with Crippen LogP contribution < -0.4 is 5.56 Å². The van der Waals surface area contributed by atoms with Crippen LogP contribution in [0.2, 0.25) is 0 Å². The average Bonchev–Trinajstić information content (AvgIpc) is 2.61. The van der Waals surface area contributed by atoms with Gasteiger partial charge in [-0.15, -0.1) is 0 Å². The van der Waals surface area contributed by atoms with E-state index in [-0.39, 0.29) is 5.56 Å². The molecule has 0 amide bonds. The summed E-state index contributed by atoms with van der Waals surface area (Å²) in [5.41, 5.74) is 2.83. The number of aromatic nitrogens is 2. The molecule has 3 rings (SSSR count). The maximum atomic E-state index is 12.5. The number of hydrogen-bond acceptors (Lipinski definition) is 3. The summed E-state index contributed by atoms with van der Waals surface area (Å²) in [4.78, 5) is 22.7. The van der Waals surface area contributed by atoms with Crippen molar-refractivity contribution in [1.29, 1.82) is 0 Å². The summed E-state index contributed by atoms with van der Waals surface area (Å²) >= 11 is 0. The van der Waals surface area contributed by atoms with E-state index >= 15 is 0 Å². The molecule has 4 heteroatoms. The molecule has 1 heterocycles. The average molecular weight is 364 g/mol. The van der Waals surface area contributed by atoms with Gasteiger partial charge in [0.05, 0.1) is 10.9 Å². The quantitative estimate of drug-likeness (QED) is 0.662. The fourth-order valence-electron chi connectivity index (χ4n) is 3.58. The molecule has 0 aliphatic rings. The minimum absolute atomic E-state index is 0.0911. The third-order valence-electron chi connectivity index (χ3n) is 4.53. The number of aromatic amines is 1. The Hall–Kier alpha value is -2.46. The summed E-state index contributed by atoms with van der Waals surface area (Å²) in [7, 11) is 0. The Labute approximate surface area is 161 Å². The van der Waals surface area contributed by atoms with Gasteiger partial charge in [-0.25, -0.2) is 4.98 Å². The number of hydrogen-bond donors (Lipinski definition) is 1. The van der Waals surface area contributed by atoms with Gasteiger partial charge in [-0.1, -0.05) is 64.1 Å². The molecule has 1 N–H and O–H groups in total. The van der Waals surface area contributed by atoms with Crippen molar-refractivity contribution in [3.8, 4) is 11.4 Å². The highest BCUT2D eigenvalue weighted by atomic mass is 16.1. The largest absolute Gasteiger partial charge is 0.306 e. The first-order valence-corrected chi connectivity index (χ1v) is 9.73. The predicted molar refractivity (Wildman–Crippen MR) is 113 cm³/mol. The molecule has 2 aromatic carbocycles. The predicted octanol–water partition coefficient (Wildman–Crippen LogP) is 4.70. The van der Waals surface area contributed by atoms with Crippen LogP contribution in [0.5, 0.6) is 0 Å². The molecule has 0 aliphatic carbocycles. The molecule has 27 heavy (non-hydrogen) atoms. The monoisotopic (exact) mass is 363 g/mol. The van der Waals surface area contributed by atoms with Crippen molar-refractivity contribution in [3.05, 3.63) is 64.4 Å². The standard InChI is InChI=1S/C23H29N3O/c1-16(2)13-26(14-17(3)4)15-18-9-5-6-10-19(18)22-24-21-12-8-7-11-20(21)23(27)25-22/h5-12,16-17H,13-15H2,1-4H3,(H,24,25,27). The van der Waals surface area contributed by atoms with E-state index in [0.29, 0.717) is 23.0 Å². The highest BCUT2D eigenvalue weighted by molar-refractivity contribution is 5.79. The molecule has 142 valence electrons. The summed E-state index contributed by atoms with van der Waals surface area (Å²) in [5.74, 6) is 1.85. The minimum atomic E-state index is -0.0911. The molecule has 0 saturated heterocycles. The number of fused-ring (bicyclic) bond motifs is 1. The lowest BCUT2D eigenvalue weighted by atomic mass is 10.0. The molecule has 0 saturated carbocycles. The molecule has 0 bridgehead atoms. The zero-order valence-electron chi connectivity index (χ0n) is 16.7. The molecule has 3 aromatic rings. The highest BCUT2D eigenvalue weighted by Gasteiger charge is 2.15. The van der Waals surface area contributed by atoms with E-state index in [9.17, 15) is 4.79 Å². The van der Waals surface area contributed by atoms with Crippen LogP contribution in [0.1, 0.15) is 33.3 Å². The van der Waals surface area contributed by atoms with Gasteiger partial charge in [-0.2, -0.15) is 0 Å². The zero-order chi connectivity index (χ0) is 19.4.